The van der Waals surface area contributed by atoms with Crippen LogP contribution in [0.2, 0.25) is 0 Å². The second-order valence-electron chi connectivity index (χ2n) is 5.83. The third-order valence-electron chi connectivity index (χ3n) is 4.07. The van der Waals surface area contributed by atoms with Gasteiger partial charge in [0.25, 0.3) is 0 Å². The van der Waals surface area contributed by atoms with Crippen molar-refractivity contribution in [2.24, 2.45) is 5.41 Å². The minimum atomic E-state index is -1.15. The highest BCUT2D eigenvalue weighted by atomic mass is 35.5. The molecule has 1 aliphatic rings. The molecule has 1 aromatic carbocycles. The maximum Gasteiger partial charge on any atom is 0.315 e. The maximum atomic E-state index is 12.0. The zero-order valence-corrected chi connectivity index (χ0v) is 14.1. The molecular weight excluding hydrogens is 353 g/mol. The van der Waals surface area contributed by atoms with Crippen LogP contribution >= 0.6 is 23.2 Å². The number of hydrogen-bond donors (Lipinski definition) is 2. The molecular formula is C16H13Cl2N3O3. The highest BCUT2D eigenvalue weighted by molar-refractivity contribution is 6.53. The number of nitriles is 1. The van der Waals surface area contributed by atoms with Crippen LogP contribution in [0.15, 0.2) is 30.0 Å². The number of carbonyl (C=O) groups is 1. The summed E-state index contributed by atoms with van der Waals surface area (Å²) < 4.78 is 3.88. The molecule has 2 N–H and O–H groups in total. The smallest absolute Gasteiger partial charge is 0.315 e. The highest BCUT2D eigenvalue weighted by Crippen LogP contribution is 2.64. The highest BCUT2D eigenvalue weighted by Gasteiger charge is 2.69. The van der Waals surface area contributed by atoms with E-state index >= 15 is 0 Å². The topological polar surface area (TPSA) is 99.0 Å². The summed E-state index contributed by atoms with van der Waals surface area (Å²) >= 11 is 11.8. The van der Waals surface area contributed by atoms with Crippen molar-refractivity contribution in [1.29, 1.82) is 5.26 Å². The molecule has 6 nitrogen and oxygen atoms in total. The van der Waals surface area contributed by atoms with Gasteiger partial charge < -0.3 is 14.8 Å². The quantitative estimate of drug-likeness (QED) is 0.374. The fourth-order valence-electron chi connectivity index (χ4n) is 2.31. The lowest BCUT2D eigenvalue weighted by Gasteiger charge is -2.11. The number of halogens is 2. The average Bonchev–Trinajstić information content (AvgIpc) is 2.89. The van der Waals surface area contributed by atoms with Gasteiger partial charge in [0.15, 0.2) is 11.6 Å². The number of H-pyrrole nitrogens is 1. The minimum Gasteiger partial charge on any atom is -0.507 e. The van der Waals surface area contributed by atoms with Gasteiger partial charge in [0, 0.05) is 6.42 Å². The lowest BCUT2D eigenvalue weighted by Crippen LogP contribution is -2.22. The largest absolute Gasteiger partial charge is 0.507 e. The van der Waals surface area contributed by atoms with Gasteiger partial charge in [-0.25, -0.2) is 4.98 Å². The van der Waals surface area contributed by atoms with E-state index in [1.807, 2.05) is 18.2 Å². The fourth-order valence-corrected chi connectivity index (χ4v) is 3.00. The Bertz CT molecular complexity index is 864. The van der Waals surface area contributed by atoms with E-state index in [1.165, 1.54) is 0 Å². The van der Waals surface area contributed by atoms with E-state index in [2.05, 4.69) is 9.97 Å². The standard InChI is InChI=1S/C16H13Cl2N3O3/c1-15(8-16(15,17)18)14(23)24-7-12(22)9(6-19)13-20-10-4-2-3-5-11(10)21-13/h2-5,22H,7-8H2,1H3,(H,20,21)/t15-/m0/s1. The van der Waals surface area contributed by atoms with Crippen molar-refractivity contribution in [3.8, 4) is 6.07 Å². The summed E-state index contributed by atoms with van der Waals surface area (Å²) in [7, 11) is 0. The normalized spacial score (nSPS) is 22.6. The number of nitrogens with one attached hydrogen (secondary N) is 1. The first kappa shape index (κ1) is 16.6. The van der Waals surface area contributed by atoms with Crippen molar-refractivity contribution in [3.63, 3.8) is 0 Å². The SMILES string of the molecule is C[C@@]1(C(=O)OCC(O)=C(C#N)c2nc3ccccc3[nH]2)CC1(Cl)Cl. The van der Waals surface area contributed by atoms with E-state index in [0.29, 0.717) is 5.52 Å². The molecule has 1 fully saturated rings. The number of alkyl halides is 2. The molecule has 3 rings (SSSR count). The minimum absolute atomic E-state index is 0.0945. The van der Waals surface area contributed by atoms with Gasteiger partial charge in [-0.05, 0) is 19.1 Å². The van der Waals surface area contributed by atoms with E-state index < -0.39 is 28.1 Å². The fraction of sp³-hybridized carbons (Fsp3) is 0.312. The van der Waals surface area contributed by atoms with Crippen LogP contribution in [0.1, 0.15) is 19.2 Å². The molecule has 0 bridgehead atoms. The van der Waals surface area contributed by atoms with Crippen molar-refractivity contribution < 1.29 is 14.6 Å². The number of esters is 1. The molecule has 0 radical (unpaired) electrons. The molecule has 24 heavy (non-hydrogen) atoms. The summed E-state index contributed by atoms with van der Waals surface area (Å²) in [6.45, 7) is 1.12. The Morgan fingerprint density at radius 3 is 2.75 bits per heavy atom. The number of carbonyl (C=O) groups excluding carboxylic acids is 1. The predicted octanol–water partition coefficient (Wildman–Crippen LogP) is 3.48. The van der Waals surface area contributed by atoms with E-state index in [1.54, 1.807) is 19.1 Å². The van der Waals surface area contributed by atoms with Crippen molar-refractivity contribution in [3.05, 3.63) is 35.8 Å². The number of ether oxygens (including phenoxy) is 1. The van der Waals surface area contributed by atoms with Gasteiger partial charge >= 0.3 is 5.97 Å². The number of aromatic nitrogens is 2. The van der Waals surface area contributed by atoms with Gasteiger partial charge in [0.05, 0.1) is 11.0 Å². The molecule has 0 amide bonds. The first-order valence-electron chi connectivity index (χ1n) is 7.11. The van der Waals surface area contributed by atoms with Gasteiger partial charge in [-0.3, -0.25) is 4.79 Å². The Morgan fingerprint density at radius 1 is 1.50 bits per heavy atom. The number of aliphatic hydroxyl groups is 1. The zero-order chi connectivity index (χ0) is 17.5. The van der Waals surface area contributed by atoms with Crippen LogP contribution in [0, 0.1) is 16.7 Å². The summed E-state index contributed by atoms with van der Waals surface area (Å²) in [6, 6.07) is 9.07. The zero-order valence-electron chi connectivity index (χ0n) is 12.6. The molecule has 1 saturated carbocycles. The molecule has 1 aliphatic carbocycles. The van der Waals surface area contributed by atoms with Gasteiger partial charge in [-0.1, -0.05) is 12.1 Å². The average molecular weight is 366 g/mol. The third-order valence-corrected chi connectivity index (χ3v) is 5.18. The van der Waals surface area contributed by atoms with Crippen LogP contribution in [0.3, 0.4) is 0 Å². The van der Waals surface area contributed by atoms with Crippen molar-refractivity contribution >= 4 is 45.8 Å². The third kappa shape index (κ3) is 2.70. The number of aliphatic hydroxyl groups excluding tert-OH is 1. The summed E-state index contributed by atoms with van der Waals surface area (Å²) in [5, 5.41) is 19.4. The van der Waals surface area contributed by atoms with Crippen LogP contribution in [0.25, 0.3) is 16.6 Å². The van der Waals surface area contributed by atoms with Gasteiger partial charge in [-0.2, -0.15) is 5.26 Å². The summed E-state index contributed by atoms with van der Waals surface area (Å²) in [5.74, 6) is -0.821. The van der Waals surface area contributed by atoms with Crippen LogP contribution in [0.4, 0.5) is 0 Å². The van der Waals surface area contributed by atoms with E-state index in [-0.39, 0.29) is 17.8 Å². The number of allylic oxidation sites excluding steroid dienone is 1. The number of fused-ring (bicyclic) bond motifs is 1. The first-order chi connectivity index (χ1) is 11.3. The second-order valence-corrected chi connectivity index (χ2v) is 7.31. The number of rotatable bonds is 4. The monoisotopic (exact) mass is 365 g/mol. The lowest BCUT2D eigenvalue weighted by atomic mass is 10.1. The summed E-state index contributed by atoms with van der Waals surface area (Å²) in [6.07, 6.45) is 0.279. The Morgan fingerprint density at radius 2 is 2.17 bits per heavy atom. The lowest BCUT2D eigenvalue weighted by molar-refractivity contribution is -0.149. The second kappa shape index (κ2) is 5.69. The number of aromatic amines is 1. The maximum absolute atomic E-state index is 12.0. The van der Waals surface area contributed by atoms with Crippen LogP contribution in [-0.2, 0) is 9.53 Å². The Labute approximate surface area is 147 Å². The van der Waals surface area contributed by atoms with Crippen molar-refractivity contribution in [2.45, 2.75) is 17.7 Å². The molecule has 0 aliphatic heterocycles. The Balaban J connectivity index is 1.79. The molecule has 1 atom stereocenters. The number of para-hydroxylation sites is 2. The number of nitrogens with zero attached hydrogens (tertiary/aromatic N) is 2. The van der Waals surface area contributed by atoms with Crippen molar-refractivity contribution in [1.82, 2.24) is 9.97 Å². The van der Waals surface area contributed by atoms with Gasteiger partial charge in [-0.15, -0.1) is 23.2 Å². The number of hydrogen-bond acceptors (Lipinski definition) is 5. The van der Waals surface area contributed by atoms with Crippen LogP contribution in [-0.4, -0.2) is 32.0 Å². The number of imidazole rings is 1. The predicted molar refractivity (Wildman–Crippen MR) is 89.4 cm³/mol. The molecule has 1 aromatic heterocycles. The van der Waals surface area contributed by atoms with Gasteiger partial charge in [0.1, 0.15) is 28.0 Å². The van der Waals surface area contributed by atoms with Crippen LogP contribution in [0.5, 0.6) is 0 Å². The van der Waals surface area contributed by atoms with Gasteiger partial charge in [0.2, 0.25) is 0 Å². The molecule has 1 heterocycles. The molecule has 8 heteroatoms. The summed E-state index contributed by atoms with van der Waals surface area (Å²) in [4.78, 5) is 19.2. The van der Waals surface area contributed by atoms with E-state index in [0.717, 1.165) is 5.52 Å². The number of benzene rings is 1. The molecule has 0 saturated heterocycles. The Kier molecular flexibility index (Phi) is 3.94. The molecule has 2 aromatic rings. The van der Waals surface area contributed by atoms with E-state index in [4.69, 9.17) is 27.9 Å². The van der Waals surface area contributed by atoms with E-state index in [9.17, 15) is 15.2 Å². The molecule has 0 spiro atoms. The van der Waals surface area contributed by atoms with Crippen molar-refractivity contribution in [2.75, 3.05) is 6.61 Å². The Hall–Kier alpha value is -2.23. The summed E-state index contributed by atoms with van der Waals surface area (Å²) in [5.41, 5.74) is 0.292. The molecule has 0 unspecified atom stereocenters. The first-order valence-corrected chi connectivity index (χ1v) is 7.86. The van der Waals surface area contributed by atoms with Crippen LogP contribution < -0.4 is 0 Å². The molecule has 124 valence electrons.